The van der Waals surface area contributed by atoms with Crippen molar-refractivity contribution in [1.82, 2.24) is 0 Å². The van der Waals surface area contributed by atoms with Crippen LogP contribution in [0.1, 0.15) is 12.8 Å². The summed E-state index contributed by atoms with van der Waals surface area (Å²) in [6.07, 6.45) is 0.803. The Morgan fingerprint density at radius 3 is 2.60 bits per heavy atom. The van der Waals surface area contributed by atoms with Gasteiger partial charge in [-0.3, -0.25) is 4.39 Å². The molecule has 1 unspecified atom stereocenters. The average molecular weight is 148 g/mol. The maximum absolute atomic E-state index is 11.8. The van der Waals surface area contributed by atoms with Crippen molar-refractivity contribution >= 4 is 5.97 Å². The first-order chi connectivity index (χ1) is 4.72. The zero-order valence-electron chi connectivity index (χ0n) is 5.68. The molecule has 60 valence electrons. The fourth-order valence-electron chi connectivity index (χ4n) is 0.622. The quantitative estimate of drug-likeness (QED) is 0.547. The molecule has 1 atom stereocenters. The highest BCUT2D eigenvalue weighted by molar-refractivity contribution is 5.67. The van der Waals surface area contributed by atoms with E-state index in [2.05, 4.69) is 0 Å². The number of aliphatic carboxylic acids is 1. The molecule has 0 bridgehead atoms. The van der Waals surface area contributed by atoms with E-state index in [-0.39, 0.29) is 6.42 Å². The number of alkyl halides is 1. The molecule has 0 aromatic heterocycles. The molecule has 0 spiro atoms. The molecule has 0 aliphatic heterocycles. The van der Waals surface area contributed by atoms with Crippen LogP contribution >= 0.6 is 0 Å². The van der Waals surface area contributed by atoms with Gasteiger partial charge in [-0.15, -0.1) is 0 Å². The van der Waals surface area contributed by atoms with Crippen LogP contribution in [0.15, 0.2) is 0 Å². The second-order valence-electron chi connectivity index (χ2n) is 2.10. The second kappa shape index (κ2) is 5.17. The molecule has 0 radical (unpaired) electrons. The van der Waals surface area contributed by atoms with E-state index in [1.165, 1.54) is 0 Å². The SMILES string of the molecule is NCCCC(CF)C(=O)[O-]. The number of halogens is 1. The molecule has 0 amide bonds. The summed E-state index contributed by atoms with van der Waals surface area (Å²) >= 11 is 0. The number of rotatable bonds is 5. The van der Waals surface area contributed by atoms with Crippen LogP contribution in [0.5, 0.6) is 0 Å². The third kappa shape index (κ3) is 3.40. The summed E-state index contributed by atoms with van der Waals surface area (Å²) in [6, 6.07) is 0. The predicted octanol–water partition coefficient (Wildman–Crippen LogP) is -0.939. The minimum atomic E-state index is -1.32. The molecule has 2 N–H and O–H groups in total. The summed E-state index contributed by atoms with van der Waals surface area (Å²) in [4.78, 5) is 10.0. The Hall–Kier alpha value is -0.640. The standard InChI is InChI=1S/C6H12FNO2/c7-4-5(6(9)10)2-1-3-8/h5H,1-4,8H2,(H,9,10)/p-1. The molecule has 0 saturated carbocycles. The number of nitrogens with two attached hydrogens (primary N) is 1. The molecule has 0 aromatic rings. The van der Waals surface area contributed by atoms with E-state index in [9.17, 15) is 14.3 Å². The van der Waals surface area contributed by atoms with Gasteiger partial charge in [-0.2, -0.15) is 0 Å². The first-order valence-electron chi connectivity index (χ1n) is 3.19. The van der Waals surface area contributed by atoms with Crippen molar-refractivity contribution in [3.8, 4) is 0 Å². The molecule has 10 heavy (non-hydrogen) atoms. The fraction of sp³-hybridized carbons (Fsp3) is 0.833. The lowest BCUT2D eigenvalue weighted by Crippen LogP contribution is -2.32. The molecule has 0 heterocycles. The number of carboxylic acid groups (broad SMARTS) is 1. The van der Waals surface area contributed by atoms with E-state index < -0.39 is 18.6 Å². The van der Waals surface area contributed by atoms with Gasteiger partial charge >= 0.3 is 0 Å². The van der Waals surface area contributed by atoms with Gasteiger partial charge in [0, 0.05) is 11.9 Å². The monoisotopic (exact) mass is 148 g/mol. The Bertz CT molecular complexity index is 108. The van der Waals surface area contributed by atoms with Crippen molar-refractivity contribution in [3.63, 3.8) is 0 Å². The Morgan fingerprint density at radius 1 is 1.70 bits per heavy atom. The fourth-order valence-corrected chi connectivity index (χ4v) is 0.622. The van der Waals surface area contributed by atoms with Gasteiger partial charge in [-0.05, 0) is 19.4 Å². The molecule has 0 aromatic carbocycles. The zero-order valence-corrected chi connectivity index (χ0v) is 5.68. The third-order valence-corrected chi connectivity index (χ3v) is 1.28. The number of carbonyl (C=O) groups is 1. The van der Waals surface area contributed by atoms with Crippen molar-refractivity contribution in [3.05, 3.63) is 0 Å². The molecular formula is C6H11FNO2-. The summed E-state index contributed by atoms with van der Waals surface area (Å²) in [6.45, 7) is -0.466. The average Bonchev–Trinajstić information content (AvgIpc) is 1.89. The smallest absolute Gasteiger partial charge is 0.0974 e. The highest BCUT2D eigenvalue weighted by atomic mass is 19.1. The molecule has 0 saturated heterocycles. The minimum Gasteiger partial charge on any atom is -0.550 e. The van der Waals surface area contributed by atoms with Crippen LogP contribution in [-0.4, -0.2) is 19.2 Å². The van der Waals surface area contributed by atoms with Crippen LogP contribution in [0.25, 0.3) is 0 Å². The number of hydrogen-bond acceptors (Lipinski definition) is 3. The minimum absolute atomic E-state index is 0.273. The van der Waals surface area contributed by atoms with Gasteiger partial charge in [0.1, 0.15) is 0 Å². The maximum atomic E-state index is 11.8. The summed E-state index contributed by atoms with van der Waals surface area (Å²) in [5, 5.41) is 10.0. The topological polar surface area (TPSA) is 66.2 Å². The van der Waals surface area contributed by atoms with E-state index >= 15 is 0 Å². The first-order valence-corrected chi connectivity index (χ1v) is 3.19. The Balaban J connectivity index is 3.50. The summed E-state index contributed by atoms with van der Waals surface area (Å²) in [7, 11) is 0. The number of carboxylic acids is 1. The Labute approximate surface area is 59.0 Å². The maximum Gasteiger partial charge on any atom is 0.0974 e. The van der Waals surface area contributed by atoms with Crippen molar-refractivity contribution in [2.45, 2.75) is 12.8 Å². The van der Waals surface area contributed by atoms with E-state index in [0.717, 1.165) is 0 Å². The van der Waals surface area contributed by atoms with E-state index in [1.807, 2.05) is 0 Å². The number of hydrogen-bond donors (Lipinski definition) is 1. The van der Waals surface area contributed by atoms with Crippen LogP contribution < -0.4 is 10.8 Å². The van der Waals surface area contributed by atoms with Gasteiger partial charge in [0.15, 0.2) is 0 Å². The molecule has 3 nitrogen and oxygen atoms in total. The van der Waals surface area contributed by atoms with Gasteiger partial charge in [0.2, 0.25) is 0 Å². The van der Waals surface area contributed by atoms with Gasteiger partial charge < -0.3 is 15.6 Å². The lowest BCUT2D eigenvalue weighted by atomic mass is 10.1. The Kier molecular flexibility index (Phi) is 4.84. The van der Waals surface area contributed by atoms with Crippen molar-refractivity contribution in [2.24, 2.45) is 11.7 Å². The molecule has 0 fully saturated rings. The number of carbonyl (C=O) groups excluding carboxylic acids is 1. The van der Waals surface area contributed by atoms with Gasteiger partial charge in [0.05, 0.1) is 6.67 Å². The normalized spacial score (nSPS) is 13.0. The molecule has 0 aliphatic rings. The van der Waals surface area contributed by atoms with E-state index in [4.69, 9.17) is 5.73 Å². The Morgan fingerprint density at radius 2 is 2.30 bits per heavy atom. The second-order valence-corrected chi connectivity index (χ2v) is 2.10. The van der Waals surface area contributed by atoms with E-state index in [0.29, 0.717) is 13.0 Å². The zero-order chi connectivity index (χ0) is 7.98. The van der Waals surface area contributed by atoms with Crippen molar-refractivity contribution < 1.29 is 14.3 Å². The molecular weight excluding hydrogens is 137 g/mol. The highest BCUT2D eigenvalue weighted by Crippen LogP contribution is 2.04. The molecule has 0 aliphatic carbocycles. The summed E-state index contributed by atoms with van der Waals surface area (Å²) < 4.78 is 11.8. The van der Waals surface area contributed by atoms with Crippen LogP contribution in [0, 0.1) is 5.92 Å². The molecule has 4 heteroatoms. The van der Waals surface area contributed by atoms with E-state index in [1.54, 1.807) is 0 Å². The third-order valence-electron chi connectivity index (χ3n) is 1.28. The summed E-state index contributed by atoms with van der Waals surface area (Å²) in [5.41, 5.74) is 5.10. The van der Waals surface area contributed by atoms with Crippen LogP contribution in [0.3, 0.4) is 0 Å². The van der Waals surface area contributed by atoms with Gasteiger partial charge in [-0.25, -0.2) is 0 Å². The molecule has 0 rings (SSSR count). The summed E-state index contributed by atoms with van der Waals surface area (Å²) in [5.74, 6) is -2.29. The highest BCUT2D eigenvalue weighted by Gasteiger charge is 2.07. The van der Waals surface area contributed by atoms with Crippen LogP contribution in [0.2, 0.25) is 0 Å². The predicted molar refractivity (Wildman–Crippen MR) is 32.8 cm³/mol. The van der Waals surface area contributed by atoms with Crippen LogP contribution in [-0.2, 0) is 4.79 Å². The van der Waals surface area contributed by atoms with Crippen molar-refractivity contribution in [1.29, 1.82) is 0 Å². The largest absolute Gasteiger partial charge is 0.550 e. The lowest BCUT2D eigenvalue weighted by molar-refractivity contribution is -0.312. The van der Waals surface area contributed by atoms with Crippen LogP contribution in [0.4, 0.5) is 4.39 Å². The lowest BCUT2D eigenvalue weighted by Gasteiger charge is -2.12. The first kappa shape index (κ1) is 9.36. The van der Waals surface area contributed by atoms with Gasteiger partial charge in [0.25, 0.3) is 0 Å². The van der Waals surface area contributed by atoms with Crippen molar-refractivity contribution in [2.75, 3.05) is 13.2 Å². The van der Waals surface area contributed by atoms with Gasteiger partial charge in [-0.1, -0.05) is 0 Å².